The lowest BCUT2D eigenvalue weighted by atomic mass is 10.2. The molecule has 0 fully saturated rings. The van der Waals surface area contributed by atoms with Crippen LogP contribution in [0.5, 0.6) is 0 Å². The molecular formula is C13H14N2S. The van der Waals surface area contributed by atoms with E-state index in [-0.39, 0.29) is 0 Å². The van der Waals surface area contributed by atoms with Crippen LogP contribution >= 0.6 is 12.6 Å². The van der Waals surface area contributed by atoms with Gasteiger partial charge in [-0.2, -0.15) is 17.7 Å². The minimum absolute atomic E-state index is 0.746. The van der Waals surface area contributed by atoms with Gasteiger partial charge in [-0.1, -0.05) is 30.4 Å². The van der Waals surface area contributed by atoms with E-state index in [1.54, 1.807) is 0 Å². The Bertz CT molecular complexity index is 486. The number of hydrogen-bond donors (Lipinski definition) is 1. The van der Waals surface area contributed by atoms with Gasteiger partial charge in [-0.25, -0.2) is 4.68 Å². The molecule has 1 heterocycles. The van der Waals surface area contributed by atoms with E-state index >= 15 is 0 Å². The molecular weight excluding hydrogens is 216 g/mol. The van der Waals surface area contributed by atoms with Gasteiger partial charge in [-0.3, -0.25) is 0 Å². The number of para-hydroxylation sites is 1. The highest BCUT2D eigenvalue weighted by atomic mass is 32.1. The van der Waals surface area contributed by atoms with Gasteiger partial charge in [0.2, 0.25) is 0 Å². The zero-order valence-electron chi connectivity index (χ0n) is 9.17. The van der Waals surface area contributed by atoms with Crippen molar-refractivity contribution >= 4 is 18.7 Å². The van der Waals surface area contributed by atoms with Crippen LogP contribution in [0.2, 0.25) is 0 Å². The van der Waals surface area contributed by atoms with Crippen LogP contribution < -0.4 is 0 Å². The summed E-state index contributed by atoms with van der Waals surface area (Å²) in [5.41, 5.74) is 3.25. The molecule has 0 aliphatic carbocycles. The number of nitrogens with zero attached hydrogens (tertiary/aromatic N) is 2. The van der Waals surface area contributed by atoms with Gasteiger partial charge in [-0.15, -0.1) is 0 Å². The Balaban J connectivity index is 2.35. The van der Waals surface area contributed by atoms with Crippen molar-refractivity contribution in [3.8, 4) is 5.69 Å². The van der Waals surface area contributed by atoms with Crippen molar-refractivity contribution in [2.24, 2.45) is 0 Å². The smallest absolute Gasteiger partial charge is 0.0670 e. The van der Waals surface area contributed by atoms with Crippen molar-refractivity contribution in [2.45, 2.75) is 6.92 Å². The lowest BCUT2D eigenvalue weighted by molar-refractivity contribution is 0.863. The molecule has 1 aromatic carbocycles. The van der Waals surface area contributed by atoms with Crippen LogP contribution in [0.3, 0.4) is 0 Å². The number of rotatable bonds is 3. The van der Waals surface area contributed by atoms with Crippen LogP contribution in [0.4, 0.5) is 0 Å². The molecule has 0 aliphatic heterocycles. The van der Waals surface area contributed by atoms with Gasteiger partial charge in [-0.05, 0) is 19.1 Å². The second-order valence-electron chi connectivity index (χ2n) is 3.53. The maximum absolute atomic E-state index is 4.47. The molecule has 3 heteroatoms. The number of benzene rings is 1. The fourth-order valence-corrected chi connectivity index (χ4v) is 1.64. The zero-order chi connectivity index (χ0) is 11.4. The van der Waals surface area contributed by atoms with E-state index < -0.39 is 0 Å². The summed E-state index contributed by atoms with van der Waals surface area (Å²) in [6.07, 6.45) is 6.10. The summed E-state index contributed by atoms with van der Waals surface area (Å²) in [6, 6.07) is 10.1. The molecule has 0 amide bonds. The first-order valence-corrected chi connectivity index (χ1v) is 5.83. The maximum Gasteiger partial charge on any atom is 0.0670 e. The molecule has 0 saturated carbocycles. The lowest BCUT2D eigenvalue weighted by Crippen LogP contribution is -1.93. The molecule has 16 heavy (non-hydrogen) atoms. The molecule has 0 N–H and O–H groups in total. The normalized spacial score (nSPS) is 11.1. The summed E-state index contributed by atoms with van der Waals surface area (Å²) in [5.74, 6) is 0.746. The fraction of sp³-hybridized carbons (Fsp3) is 0.154. The topological polar surface area (TPSA) is 17.8 Å². The average Bonchev–Trinajstić information content (AvgIpc) is 2.69. The van der Waals surface area contributed by atoms with Crippen LogP contribution in [-0.4, -0.2) is 15.5 Å². The van der Waals surface area contributed by atoms with E-state index in [1.165, 1.54) is 0 Å². The zero-order valence-corrected chi connectivity index (χ0v) is 10.1. The quantitative estimate of drug-likeness (QED) is 0.802. The Morgan fingerprint density at radius 1 is 1.31 bits per heavy atom. The summed E-state index contributed by atoms with van der Waals surface area (Å²) < 4.78 is 1.90. The van der Waals surface area contributed by atoms with Gasteiger partial charge in [0.05, 0.1) is 11.4 Å². The first-order valence-electron chi connectivity index (χ1n) is 5.20. The standard InChI is InChI=1S/C13H14N2S/c1-11-12(6-5-9-16)10-15(14-11)13-7-3-2-4-8-13/h2-8,10,16H,9H2,1H3. The number of aromatic nitrogens is 2. The number of aryl methyl sites for hydroxylation is 1. The minimum Gasteiger partial charge on any atom is -0.240 e. The van der Waals surface area contributed by atoms with E-state index in [4.69, 9.17) is 0 Å². The molecule has 82 valence electrons. The third kappa shape index (κ3) is 2.36. The van der Waals surface area contributed by atoms with Crippen LogP contribution in [0.25, 0.3) is 11.8 Å². The molecule has 2 aromatic rings. The Labute approximate surface area is 101 Å². The molecule has 2 nitrogen and oxygen atoms in total. The first-order chi connectivity index (χ1) is 7.81. The second kappa shape index (κ2) is 5.03. The predicted octanol–water partition coefficient (Wildman–Crippen LogP) is 3.12. The Hall–Kier alpha value is -1.48. The van der Waals surface area contributed by atoms with Gasteiger partial charge in [0.25, 0.3) is 0 Å². The Kier molecular flexibility index (Phi) is 3.47. The Morgan fingerprint density at radius 2 is 2.06 bits per heavy atom. The fourth-order valence-electron chi connectivity index (χ4n) is 1.53. The summed E-state index contributed by atoms with van der Waals surface area (Å²) in [6.45, 7) is 2.01. The van der Waals surface area contributed by atoms with Crippen LogP contribution in [0.1, 0.15) is 11.3 Å². The van der Waals surface area contributed by atoms with Crippen molar-refractivity contribution in [1.29, 1.82) is 0 Å². The highest BCUT2D eigenvalue weighted by Crippen LogP contribution is 2.12. The van der Waals surface area contributed by atoms with Crippen molar-refractivity contribution in [3.05, 3.63) is 53.9 Å². The summed E-state index contributed by atoms with van der Waals surface area (Å²) >= 11 is 4.15. The van der Waals surface area contributed by atoms with E-state index in [0.717, 1.165) is 22.7 Å². The largest absolute Gasteiger partial charge is 0.240 e. The molecule has 0 spiro atoms. The third-order valence-electron chi connectivity index (χ3n) is 2.36. The highest BCUT2D eigenvalue weighted by molar-refractivity contribution is 7.80. The van der Waals surface area contributed by atoms with Crippen molar-refractivity contribution < 1.29 is 0 Å². The molecule has 0 aliphatic rings. The number of hydrogen-bond acceptors (Lipinski definition) is 2. The van der Waals surface area contributed by atoms with E-state index in [0.29, 0.717) is 0 Å². The van der Waals surface area contributed by atoms with Gasteiger partial charge < -0.3 is 0 Å². The average molecular weight is 230 g/mol. The van der Waals surface area contributed by atoms with E-state index in [9.17, 15) is 0 Å². The number of thiol groups is 1. The third-order valence-corrected chi connectivity index (χ3v) is 2.57. The minimum atomic E-state index is 0.746. The molecule has 2 rings (SSSR count). The monoisotopic (exact) mass is 230 g/mol. The summed E-state index contributed by atoms with van der Waals surface area (Å²) in [7, 11) is 0. The van der Waals surface area contributed by atoms with Gasteiger partial charge in [0.1, 0.15) is 0 Å². The Morgan fingerprint density at radius 3 is 2.75 bits per heavy atom. The van der Waals surface area contributed by atoms with Crippen LogP contribution in [0.15, 0.2) is 42.6 Å². The first kappa shape index (κ1) is 11.0. The van der Waals surface area contributed by atoms with Crippen molar-refractivity contribution in [2.75, 3.05) is 5.75 Å². The summed E-state index contributed by atoms with van der Waals surface area (Å²) in [5, 5.41) is 4.47. The molecule has 1 aromatic heterocycles. The molecule has 0 radical (unpaired) electrons. The molecule has 0 unspecified atom stereocenters. The molecule has 0 bridgehead atoms. The van der Waals surface area contributed by atoms with Gasteiger partial charge >= 0.3 is 0 Å². The van der Waals surface area contributed by atoms with E-state index in [2.05, 4.69) is 23.8 Å². The molecule has 0 atom stereocenters. The van der Waals surface area contributed by atoms with E-state index in [1.807, 2.05) is 54.2 Å². The second-order valence-corrected chi connectivity index (χ2v) is 3.90. The van der Waals surface area contributed by atoms with Gasteiger partial charge in [0, 0.05) is 17.5 Å². The van der Waals surface area contributed by atoms with Crippen molar-refractivity contribution in [1.82, 2.24) is 9.78 Å². The van der Waals surface area contributed by atoms with Crippen LogP contribution in [-0.2, 0) is 0 Å². The maximum atomic E-state index is 4.47. The predicted molar refractivity (Wildman–Crippen MR) is 71.2 cm³/mol. The molecule has 0 saturated heterocycles. The lowest BCUT2D eigenvalue weighted by Gasteiger charge is -1.98. The van der Waals surface area contributed by atoms with Gasteiger partial charge in [0.15, 0.2) is 0 Å². The highest BCUT2D eigenvalue weighted by Gasteiger charge is 2.02. The van der Waals surface area contributed by atoms with Crippen molar-refractivity contribution in [3.63, 3.8) is 0 Å². The summed E-state index contributed by atoms with van der Waals surface area (Å²) in [4.78, 5) is 0. The van der Waals surface area contributed by atoms with Crippen LogP contribution in [0, 0.1) is 6.92 Å². The SMILES string of the molecule is Cc1nn(-c2ccccc2)cc1C=CCS.